The van der Waals surface area contributed by atoms with Gasteiger partial charge in [0, 0.05) is 33.2 Å². The first-order valence-electron chi connectivity index (χ1n) is 10.5. The van der Waals surface area contributed by atoms with Gasteiger partial charge in [0.05, 0.1) is 4.90 Å². The Labute approximate surface area is 193 Å². The van der Waals surface area contributed by atoms with E-state index in [1.165, 1.54) is 25.7 Å². The second-order valence-electron chi connectivity index (χ2n) is 8.10. The van der Waals surface area contributed by atoms with E-state index >= 15 is 0 Å². The third-order valence-corrected chi connectivity index (χ3v) is 8.22. The van der Waals surface area contributed by atoms with Crippen molar-refractivity contribution in [2.24, 2.45) is 10.4 Å². The SMILES string of the molecule is CCC1(CNC(=NC)NCc2cccc(S(=O)(=O)N3CCCCC3)c2)CCC1.I. The molecule has 0 aromatic heterocycles. The summed E-state index contributed by atoms with van der Waals surface area (Å²) in [6.07, 6.45) is 8.08. The minimum Gasteiger partial charge on any atom is -0.356 e. The average Bonchev–Trinajstić information content (AvgIpc) is 2.70. The Kier molecular flexibility index (Phi) is 9.21. The normalized spacial score (nSPS) is 19.7. The van der Waals surface area contributed by atoms with Gasteiger partial charge in [-0.05, 0) is 55.2 Å². The van der Waals surface area contributed by atoms with Crippen molar-refractivity contribution in [2.45, 2.75) is 63.3 Å². The molecule has 1 heterocycles. The van der Waals surface area contributed by atoms with Crippen LogP contribution in [0.4, 0.5) is 0 Å². The van der Waals surface area contributed by atoms with E-state index in [1.807, 2.05) is 12.1 Å². The average molecular weight is 535 g/mol. The van der Waals surface area contributed by atoms with Crippen molar-refractivity contribution in [3.05, 3.63) is 29.8 Å². The number of hydrogen-bond donors (Lipinski definition) is 2. The molecule has 164 valence electrons. The Morgan fingerprint density at radius 1 is 1.14 bits per heavy atom. The van der Waals surface area contributed by atoms with Crippen LogP contribution < -0.4 is 10.6 Å². The lowest BCUT2D eigenvalue weighted by atomic mass is 9.67. The fourth-order valence-electron chi connectivity index (χ4n) is 4.08. The Hall–Kier alpha value is -0.870. The Morgan fingerprint density at radius 3 is 2.45 bits per heavy atom. The van der Waals surface area contributed by atoms with Crippen LogP contribution in [-0.4, -0.2) is 45.4 Å². The van der Waals surface area contributed by atoms with Gasteiger partial charge in [0.1, 0.15) is 0 Å². The summed E-state index contributed by atoms with van der Waals surface area (Å²) < 4.78 is 27.4. The Morgan fingerprint density at radius 2 is 1.86 bits per heavy atom. The third kappa shape index (κ3) is 6.07. The van der Waals surface area contributed by atoms with Crippen LogP contribution in [0.2, 0.25) is 0 Å². The number of rotatable bonds is 7. The molecule has 0 bridgehead atoms. The van der Waals surface area contributed by atoms with E-state index < -0.39 is 10.0 Å². The van der Waals surface area contributed by atoms with Crippen LogP contribution in [0.3, 0.4) is 0 Å². The van der Waals surface area contributed by atoms with E-state index in [-0.39, 0.29) is 24.0 Å². The summed E-state index contributed by atoms with van der Waals surface area (Å²) in [7, 11) is -1.63. The van der Waals surface area contributed by atoms with Crippen LogP contribution >= 0.6 is 24.0 Å². The predicted molar refractivity (Wildman–Crippen MR) is 129 cm³/mol. The zero-order valence-electron chi connectivity index (χ0n) is 17.6. The van der Waals surface area contributed by atoms with Gasteiger partial charge in [-0.2, -0.15) is 4.31 Å². The highest BCUT2D eigenvalue weighted by Crippen LogP contribution is 2.42. The maximum Gasteiger partial charge on any atom is 0.243 e. The number of aliphatic imine (C=N–C) groups is 1. The molecule has 2 fully saturated rings. The highest BCUT2D eigenvalue weighted by molar-refractivity contribution is 14.0. The molecular formula is C21H35IN4O2S. The number of nitrogens with zero attached hydrogens (tertiary/aromatic N) is 2. The molecule has 3 rings (SSSR count). The van der Waals surface area contributed by atoms with Crippen molar-refractivity contribution in [2.75, 3.05) is 26.7 Å². The predicted octanol–water partition coefficient (Wildman–Crippen LogP) is 3.72. The van der Waals surface area contributed by atoms with Crippen LogP contribution in [-0.2, 0) is 16.6 Å². The number of benzene rings is 1. The number of sulfonamides is 1. The zero-order chi connectivity index (χ0) is 20.0. The van der Waals surface area contributed by atoms with E-state index in [9.17, 15) is 8.42 Å². The first-order valence-corrected chi connectivity index (χ1v) is 12.0. The van der Waals surface area contributed by atoms with Crippen LogP contribution in [0, 0.1) is 5.41 Å². The van der Waals surface area contributed by atoms with Crippen molar-refractivity contribution >= 4 is 40.0 Å². The number of halogens is 1. The summed E-state index contributed by atoms with van der Waals surface area (Å²) >= 11 is 0. The molecule has 0 unspecified atom stereocenters. The third-order valence-electron chi connectivity index (χ3n) is 6.33. The monoisotopic (exact) mass is 534 g/mol. The Balaban J connectivity index is 0.00000300. The van der Waals surface area contributed by atoms with Crippen LogP contribution in [0.5, 0.6) is 0 Å². The van der Waals surface area contributed by atoms with Crippen molar-refractivity contribution in [3.8, 4) is 0 Å². The van der Waals surface area contributed by atoms with Crippen molar-refractivity contribution < 1.29 is 8.42 Å². The van der Waals surface area contributed by atoms with Gasteiger partial charge >= 0.3 is 0 Å². The lowest BCUT2D eigenvalue weighted by molar-refractivity contribution is 0.131. The topological polar surface area (TPSA) is 73.8 Å². The minimum atomic E-state index is -3.40. The van der Waals surface area contributed by atoms with E-state index in [0.29, 0.717) is 29.9 Å². The van der Waals surface area contributed by atoms with Gasteiger partial charge in [0.2, 0.25) is 10.0 Å². The molecule has 0 amide bonds. The van der Waals surface area contributed by atoms with Crippen LogP contribution in [0.15, 0.2) is 34.2 Å². The van der Waals surface area contributed by atoms with Crippen molar-refractivity contribution in [1.82, 2.24) is 14.9 Å². The maximum atomic E-state index is 12.9. The molecule has 1 saturated heterocycles. The summed E-state index contributed by atoms with van der Waals surface area (Å²) in [5.41, 5.74) is 1.36. The maximum absolute atomic E-state index is 12.9. The number of nitrogens with one attached hydrogen (secondary N) is 2. The van der Waals surface area contributed by atoms with Gasteiger partial charge in [0.25, 0.3) is 0 Å². The fourth-order valence-corrected chi connectivity index (χ4v) is 5.67. The van der Waals surface area contributed by atoms with E-state index in [0.717, 1.165) is 37.3 Å². The summed E-state index contributed by atoms with van der Waals surface area (Å²) in [6, 6.07) is 7.26. The van der Waals surface area contributed by atoms with E-state index in [2.05, 4.69) is 22.5 Å². The quantitative estimate of drug-likeness (QED) is 0.318. The molecule has 0 radical (unpaired) electrons. The van der Waals surface area contributed by atoms with Crippen LogP contribution in [0.1, 0.15) is 57.4 Å². The smallest absolute Gasteiger partial charge is 0.243 e. The minimum absolute atomic E-state index is 0. The molecule has 2 N–H and O–H groups in total. The lowest BCUT2D eigenvalue weighted by Gasteiger charge is -2.41. The summed E-state index contributed by atoms with van der Waals surface area (Å²) in [5, 5.41) is 6.76. The second kappa shape index (κ2) is 10.9. The number of hydrogen-bond acceptors (Lipinski definition) is 3. The molecule has 2 aliphatic rings. The second-order valence-corrected chi connectivity index (χ2v) is 10.0. The highest BCUT2D eigenvalue weighted by atomic mass is 127. The molecule has 29 heavy (non-hydrogen) atoms. The first-order chi connectivity index (χ1) is 13.5. The number of guanidine groups is 1. The van der Waals surface area contributed by atoms with Crippen molar-refractivity contribution in [1.29, 1.82) is 0 Å². The van der Waals surface area contributed by atoms with Gasteiger partial charge < -0.3 is 10.6 Å². The molecule has 0 atom stereocenters. The molecule has 0 spiro atoms. The van der Waals surface area contributed by atoms with Crippen LogP contribution in [0.25, 0.3) is 0 Å². The largest absolute Gasteiger partial charge is 0.356 e. The molecule has 6 nitrogen and oxygen atoms in total. The molecule has 1 aromatic carbocycles. The first kappa shape index (κ1) is 24.4. The molecule has 1 aliphatic carbocycles. The van der Waals surface area contributed by atoms with Gasteiger partial charge in [-0.3, -0.25) is 4.99 Å². The van der Waals surface area contributed by atoms with Gasteiger partial charge in [0.15, 0.2) is 5.96 Å². The van der Waals surface area contributed by atoms with Crippen molar-refractivity contribution in [3.63, 3.8) is 0 Å². The zero-order valence-corrected chi connectivity index (χ0v) is 20.8. The van der Waals surface area contributed by atoms with Gasteiger partial charge in [-0.15, -0.1) is 24.0 Å². The van der Waals surface area contributed by atoms with Gasteiger partial charge in [-0.1, -0.05) is 31.9 Å². The molecule has 1 aliphatic heterocycles. The fraction of sp³-hybridized carbons (Fsp3) is 0.667. The Bertz CT molecular complexity index is 782. The summed E-state index contributed by atoms with van der Waals surface area (Å²) in [6.45, 7) is 4.99. The van der Waals surface area contributed by atoms with E-state index in [4.69, 9.17) is 0 Å². The molecule has 1 saturated carbocycles. The summed E-state index contributed by atoms with van der Waals surface area (Å²) in [5.74, 6) is 0.768. The van der Waals surface area contributed by atoms with E-state index in [1.54, 1.807) is 23.5 Å². The van der Waals surface area contributed by atoms with Gasteiger partial charge in [-0.25, -0.2) is 8.42 Å². The highest BCUT2D eigenvalue weighted by Gasteiger charge is 2.34. The molecular weight excluding hydrogens is 499 g/mol. The molecule has 1 aromatic rings. The lowest BCUT2D eigenvalue weighted by Crippen LogP contribution is -2.46. The standard InChI is InChI=1S/C21H34N4O2S.HI/c1-3-21(11-8-12-21)17-24-20(22-2)23-16-18-9-7-10-19(15-18)28(26,27)25-13-5-4-6-14-25;/h7,9-10,15H,3-6,8,11-14,16-17H2,1-2H3,(H2,22,23,24);1H. The number of piperidine rings is 1. The molecule has 8 heteroatoms. The summed E-state index contributed by atoms with van der Waals surface area (Å²) in [4.78, 5) is 4.70.